The summed E-state index contributed by atoms with van der Waals surface area (Å²) in [6.07, 6.45) is 2.87. The topological polar surface area (TPSA) is 106 Å². The van der Waals surface area contributed by atoms with E-state index < -0.39 is 11.6 Å². The number of hydrogen-bond donors (Lipinski definition) is 3. The van der Waals surface area contributed by atoms with Crippen LogP contribution in [0.25, 0.3) is 0 Å². The van der Waals surface area contributed by atoms with E-state index in [1.54, 1.807) is 6.26 Å². The van der Waals surface area contributed by atoms with Gasteiger partial charge in [-0.05, 0) is 66.0 Å². The second-order valence-corrected chi connectivity index (χ2v) is 11.2. The molecule has 0 bridgehead atoms. The van der Waals surface area contributed by atoms with E-state index >= 15 is 0 Å². The number of aliphatic hydroxyl groups is 2. The van der Waals surface area contributed by atoms with Crippen LogP contribution in [0.1, 0.15) is 69.9 Å². The number of rotatable bonds is 7. The number of carbonyl (C=O) groups excluding carboxylic acids is 1. The minimum atomic E-state index is -0.834. The molecule has 0 radical (unpaired) electrons. The van der Waals surface area contributed by atoms with E-state index in [9.17, 15) is 15.0 Å². The van der Waals surface area contributed by atoms with Crippen LogP contribution in [0.4, 0.5) is 5.69 Å². The zero-order valence-electron chi connectivity index (χ0n) is 20.3. The van der Waals surface area contributed by atoms with E-state index in [0.717, 1.165) is 21.6 Å². The predicted octanol–water partition coefficient (Wildman–Crippen LogP) is 5.80. The Bertz CT molecular complexity index is 1060. The number of aliphatic hydroxyl groups excluding tert-OH is 2. The van der Waals surface area contributed by atoms with Crippen LogP contribution in [0.5, 0.6) is 0 Å². The van der Waals surface area contributed by atoms with E-state index in [4.69, 9.17) is 14.9 Å². The van der Waals surface area contributed by atoms with Crippen LogP contribution in [-0.4, -0.2) is 21.8 Å². The molecule has 33 heavy (non-hydrogen) atoms. The van der Waals surface area contributed by atoms with Crippen molar-refractivity contribution in [2.75, 3.05) is 5.73 Å². The minimum Gasteiger partial charge on any atom is -0.511 e. The summed E-state index contributed by atoms with van der Waals surface area (Å²) in [4.78, 5) is 14.3. The van der Waals surface area contributed by atoms with Gasteiger partial charge in [0.1, 0.15) is 28.6 Å². The number of thioether (sulfide) groups is 1. The Balaban J connectivity index is 1.91. The summed E-state index contributed by atoms with van der Waals surface area (Å²) >= 11 is 1.24. The third-order valence-electron chi connectivity index (χ3n) is 6.45. The number of aryl methyl sites for hydroxylation is 2. The first-order valence-corrected chi connectivity index (χ1v) is 12.1. The molecule has 6 nitrogen and oxygen atoms in total. The first-order chi connectivity index (χ1) is 15.4. The maximum absolute atomic E-state index is 13.2. The molecule has 0 spiro atoms. The zero-order chi connectivity index (χ0) is 24.6. The highest BCUT2D eigenvalue weighted by atomic mass is 32.2. The average Bonchev–Trinajstić information content (AvgIpc) is 3.18. The molecule has 1 atom stereocenters. The molecule has 0 aliphatic carbocycles. The molecule has 2 heterocycles. The Kier molecular flexibility index (Phi) is 7.24. The molecule has 1 aromatic carbocycles. The van der Waals surface area contributed by atoms with Gasteiger partial charge in [-0.15, -0.1) is 0 Å². The lowest BCUT2D eigenvalue weighted by Gasteiger charge is -2.40. The molecular formula is C26H35NO5S. The van der Waals surface area contributed by atoms with E-state index in [0.29, 0.717) is 24.3 Å². The van der Waals surface area contributed by atoms with Crippen molar-refractivity contribution in [3.63, 3.8) is 0 Å². The summed E-state index contributed by atoms with van der Waals surface area (Å²) in [5.41, 5.74) is 8.65. The first kappa shape index (κ1) is 25.2. The van der Waals surface area contributed by atoms with Crippen molar-refractivity contribution in [1.82, 2.24) is 0 Å². The van der Waals surface area contributed by atoms with Crippen LogP contribution >= 0.6 is 11.8 Å². The quantitative estimate of drug-likeness (QED) is 0.345. The largest absolute Gasteiger partial charge is 0.511 e. The zero-order valence-corrected chi connectivity index (χ0v) is 21.1. The fourth-order valence-electron chi connectivity index (χ4n) is 4.15. The molecule has 1 aliphatic heterocycles. The molecule has 2 aromatic rings. The van der Waals surface area contributed by atoms with Gasteiger partial charge in [0.25, 0.3) is 0 Å². The van der Waals surface area contributed by atoms with Crippen molar-refractivity contribution < 1.29 is 24.2 Å². The smallest absolute Gasteiger partial charge is 0.349 e. The van der Waals surface area contributed by atoms with Gasteiger partial charge in [0.05, 0.1) is 6.26 Å². The Morgan fingerprint density at radius 1 is 1.27 bits per heavy atom. The van der Waals surface area contributed by atoms with Gasteiger partial charge in [-0.25, -0.2) is 4.79 Å². The lowest BCUT2D eigenvalue weighted by Crippen LogP contribution is -2.44. The molecule has 4 N–H and O–H groups in total. The number of nitrogens with two attached hydrogens (primary N) is 1. The maximum Gasteiger partial charge on any atom is 0.349 e. The summed E-state index contributed by atoms with van der Waals surface area (Å²) in [5.74, 6) is 0.0410. The van der Waals surface area contributed by atoms with Gasteiger partial charge in [0.15, 0.2) is 0 Å². The monoisotopic (exact) mass is 473 g/mol. The molecule has 0 amide bonds. The first-order valence-electron chi connectivity index (χ1n) is 11.3. The van der Waals surface area contributed by atoms with Gasteiger partial charge in [-0.1, -0.05) is 46.4 Å². The molecule has 0 saturated carbocycles. The number of benzene rings is 1. The van der Waals surface area contributed by atoms with Crippen molar-refractivity contribution in [3.05, 3.63) is 57.6 Å². The van der Waals surface area contributed by atoms with Crippen molar-refractivity contribution in [2.45, 2.75) is 83.3 Å². The van der Waals surface area contributed by atoms with Crippen LogP contribution in [0.3, 0.4) is 0 Å². The van der Waals surface area contributed by atoms with Crippen LogP contribution < -0.4 is 5.73 Å². The highest BCUT2D eigenvalue weighted by Crippen LogP contribution is 2.45. The number of cyclic esters (lactones) is 1. The Labute approximate surface area is 200 Å². The molecule has 1 aromatic heterocycles. The fraction of sp³-hybridized carbons (Fsp3) is 0.500. The Morgan fingerprint density at radius 3 is 2.55 bits per heavy atom. The van der Waals surface area contributed by atoms with E-state index in [1.165, 1.54) is 11.8 Å². The van der Waals surface area contributed by atoms with E-state index in [2.05, 4.69) is 20.8 Å². The van der Waals surface area contributed by atoms with Gasteiger partial charge < -0.3 is 25.1 Å². The lowest BCUT2D eigenvalue weighted by molar-refractivity contribution is -0.164. The summed E-state index contributed by atoms with van der Waals surface area (Å²) < 4.78 is 11.3. The Morgan fingerprint density at radius 2 is 1.97 bits per heavy atom. The van der Waals surface area contributed by atoms with Gasteiger partial charge in [-0.3, -0.25) is 0 Å². The second-order valence-electron chi connectivity index (χ2n) is 10.1. The molecule has 7 heteroatoms. The molecule has 0 fully saturated rings. The van der Waals surface area contributed by atoms with Gasteiger partial charge in [0, 0.05) is 17.0 Å². The van der Waals surface area contributed by atoms with Crippen molar-refractivity contribution in [1.29, 1.82) is 0 Å². The number of anilines is 1. The van der Waals surface area contributed by atoms with Gasteiger partial charge >= 0.3 is 5.97 Å². The Hall–Kier alpha value is -2.38. The normalized spacial score (nSPS) is 19.3. The number of hydrogen-bond acceptors (Lipinski definition) is 7. The molecule has 1 aliphatic rings. The summed E-state index contributed by atoms with van der Waals surface area (Å²) in [7, 11) is 0. The summed E-state index contributed by atoms with van der Waals surface area (Å²) in [5, 5.41) is 20.5. The van der Waals surface area contributed by atoms with E-state index in [1.807, 2.05) is 39.0 Å². The number of ether oxygens (including phenoxy) is 1. The maximum atomic E-state index is 13.2. The number of esters is 1. The third-order valence-corrected chi connectivity index (χ3v) is 7.61. The van der Waals surface area contributed by atoms with Crippen molar-refractivity contribution in [3.8, 4) is 0 Å². The highest BCUT2D eigenvalue weighted by Gasteiger charge is 2.44. The predicted molar refractivity (Wildman–Crippen MR) is 131 cm³/mol. The van der Waals surface area contributed by atoms with Gasteiger partial charge in [0.2, 0.25) is 0 Å². The SMILES string of the molecule is Cc1cc(SC2=C(O)CC(CCc3ccoc3CO)(C(C)C)OC2=O)c(C(C)(C)C)cc1N. The molecular weight excluding hydrogens is 438 g/mol. The molecule has 3 rings (SSSR count). The summed E-state index contributed by atoms with van der Waals surface area (Å²) in [6.45, 7) is 12.0. The van der Waals surface area contributed by atoms with Crippen molar-refractivity contribution >= 4 is 23.4 Å². The van der Waals surface area contributed by atoms with Gasteiger partial charge in [-0.2, -0.15) is 0 Å². The number of furan rings is 1. The van der Waals surface area contributed by atoms with Crippen LogP contribution in [0.15, 0.2) is 44.4 Å². The van der Waals surface area contributed by atoms with Crippen LogP contribution in [0.2, 0.25) is 0 Å². The van der Waals surface area contributed by atoms with Crippen molar-refractivity contribution in [2.24, 2.45) is 5.92 Å². The molecule has 180 valence electrons. The molecule has 1 unspecified atom stereocenters. The average molecular weight is 474 g/mol. The number of nitrogen functional groups attached to an aromatic ring is 1. The van der Waals surface area contributed by atoms with Crippen LogP contribution in [-0.2, 0) is 28.0 Å². The fourth-order valence-corrected chi connectivity index (χ4v) is 5.40. The lowest BCUT2D eigenvalue weighted by atomic mass is 9.80. The highest BCUT2D eigenvalue weighted by molar-refractivity contribution is 8.04. The number of carbonyl (C=O) groups is 1. The minimum absolute atomic E-state index is 0.0106. The third kappa shape index (κ3) is 5.25. The standard InChI is InChI=1S/C26H35NO5S/c1-15(2)26(9-7-17-8-10-31-21(17)14-28)13-20(29)23(24(30)32-26)33-22-11-16(3)19(27)12-18(22)25(4,5)6/h8,10-12,15,28-29H,7,9,13-14,27H2,1-6H3. The second kappa shape index (κ2) is 9.47. The molecule has 0 saturated heterocycles. The van der Waals surface area contributed by atoms with Crippen LogP contribution in [0, 0.1) is 12.8 Å². The summed E-state index contributed by atoms with van der Waals surface area (Å²) in [6, 6.07) is 5.73. The van der Waals surface area contributed by atoms with E-state index in [-0.39, 0.29) is 35.0 Å².